The molecule has 0 aliphatic carbocycles. The van der Waals surface area contributed by atoms with Crippen LogP contribution in [0.4, 0.5) is 5.69 Å². The fourth-order valence-electron chi connectivity index (χ4n) is 3.60. The Morgan fingerprint density at radius 3 is 2.03 bits per heavy atom. The molecule has 0 radical (unpaired) electrons. The Hall–Kier alpha value is -3.47. The lowest BCUT2D eigenvalue weighted by Gasteiger charge is -2.23. The SMILES string of the molecule is O=C(O)c1ccccc1CCc1ccc(N(S(=O)(=O)c2ccccc2)S(=O)(=O)c2cccs2)cc1. The van der Waals surface area contributed by atoms with Gasteiger partial charge < -0.3 is 5.11 Å². The summed E-state index contributed by atoms with van der Waals surface area (Å²) in [7, 11) is -8.84. The number of hydrogen-bond donors (Lipinski definition) is 1. The van der Waals surface area contributed by atoms with E-state index in [1.54, 1.807) is 53.9 Å². The lowest BCUT2D eigenvalue weighted by molar-refractivity contribution is 0.0695. The van der Waals surface area contributed by atoms with Crippen LogP contribution in [-0.2, 0) is 32.9 Å². The molecule has 0 saturated heterocycles. The van der Waals surface area contributed by atoms with Crippen molar-refractivity contribution in [2.24, 2.45) is 0 Å². The van der Waals surface area contributed by atoms with E-state index in [2.05, 4.69) is 0 Å². The van der Waals surface area contributed by atoms with E-state index in [0.29, 0.717) is 22.1 Å². The molecule has 1 aromatic heterocycles. The number of aromatic carboxylic acids is 1. The van der Waals surface area contributed by atoms with Gasteiger partial charge >= 0.3 is 5.97 Å². The van der Waals surface area contributed by atoms with Gasteiger partial charge in [0.1, 0.15) is 4.21 Å². The first kappa shape index (κ1) is 24.6. The highest BCUT2D eigenvalue weighted by Gasteiger charge is 2.37. The Balaban J connectivity index is 1.68. The van der Waals surface area contributed by atoms with Crippen molar-refractivity contribution < 1.29 is 26.7 Å². The van der Waals surface area contributed by atoms with E-state index in [9.17, 15) is 26.7 Å². The molecule has 0 unspecified atom stereocenters. The maximum atomic E-state index is 13.5. The molecule has 1 heterocycles. The van der Waals surface area contributed by atoms with E-state index >= 15 is 0 Å². The summed E-state index contributed by atoms with van der Waals surface area (Å²) in [5.41, 5.74) is 1.69. The third-order valence-corrected chi connectivity index (χ3v) is 10.9. The van der Waals surface area contributed by atoms with Gasteiger partial charge in [-0.1, -0.05) is 54.6 Å². The summed E-state index contributed by atoms with van der Waals surface area (Å²) in [5, 5.41) is 10.9. The van der Waals surface area contributed by atoms with Gasteiger partial charge in [0, 0.05) is 0 Å². The van der Waals surface area contributed by atoms with E-state index < -0.39 is 26.0 Å². The van der Waals surface area contributed by atoms with Gasteiger partial charge in [0.2, 0.25) is 0 Å². The minimum Gasteiger partial charge on any atom is -0.478 e. The van der Waals surface area contributed by atoms with Crippen LogP contribution in [0.3, 0.4) is 0 Å². The van der Waals surface area contributed by atoms with Crippen LogP contribution in [0.2, 0.25) is 0 Å². The number of benzene rings is 3. The van der Waals surface area contributed by atoms with Crippen LogP contribution < -0.4 is 3.71 Å². The molecule has 4 rings (SSSR count). The van der Waals surface area contributed by atoms with Gasteiger partial charge in [0.15, 0.2) is 0 Å². The van der Waals surface area contributed by atoms with E-state index in [4.69, 9.17) is 0 Å². The predicted octanol–water partition coefficient (Wildman–Crippen LogP) is 4.82. The van der Waals surface area contributed by atoms with Crippen LogP contribution in [0.1, 0.15) is 21.5 Å². The average molecular weight is 528 g/mol. The second kappa shape index (κ2) is 10.0. The number of anilines is 1. The summed E-state index contributed by atoms with van der Waals surface area (Å²) < 4.78 is 54.1. The fourth-order valence-corrected chi connectivity index (χ4v) is 8.50. The summed E-state index contributed by atoms with van der Waals surface area (Å²) in [6, 6.07) is 23.2. The second-order valence-corrected chi connectivity index (χ2v) is 12.6. The van der Waals surface area contributed by atoms with Crippen LogP contribution in [0, 0.1) is 0 Å². The maximum Gasteiger partial charge on any atom is 0.335 e. The van der Waals surface area contributed by atoms with Crippen molar-refractivity contribution in [2.45, 2.75) is 21.9 Å². The minimum absolute atomic E-state index is 0.0167. The molecule has 0 fully saturated rings. The molecule has 0 spiro atoms. The molecule has 0 saturated carbocycles. The van der Waals surface area contributed by atoms with Gasteiger partial charge in [-0.15, -0.1) is 11.3 Å². The maximum absolute atomic E-state index is 13.5. The van der Waals surface area contributed by atoms with Crippen molar-refractivity contribution >= 4 is 43.0 Å². The standard InChI is InChI=1S/C25H21NO6S3/c27-25(28)23-10-5-4-7-20(23)15-12-19-13-16-21(17-14-19)26(35(31,32)24-11-6-18-33-24)34(29,30)22-8-2-1-3-9-22/h1-11,13-14,16-18H,12,15H2,(H,27,28). The number of rotatable bonds is 9. The smallest absolute Gasteiger partial charge is 0.335 e. The van der Waals surface area contributed by atoms with Crippen LogP contribution in [0.15, 0.2) is 105 Å². The largest absolute Gasteiger partial charge is 0.478 e. The van der Waals surface area contributed by atoms with Gasteiger partial charge in [0.25, 0.3) is 20.0 Å². The van der Waals surface area contributed by atoms with E-state index in [1.807, 2.05) is 0 Å². The number of carbonyl (C=O) groups is 1. The summed E-state index contributed by atoms with van der Waals surface area (Å²) in [6.07, 6.45) is 0.953. The first-order valence-corrected chi connectivity index (χ1v) is 14.3. The minimum atomic E-state index is -4.43. The molecule has 0 amide bonds. The number of nitrogens with zero attached hydrogens (tertiary/aromatic N) is 1. The topological polar surface area (TPSA) is 109 Å². The Bertz CT molecular complexity index is 1530. The molecule has 0 bridgehead atoms. The molecule has 3 aromatic carbocycles. The van der Waals surface area contributed by atoms with E-state index in [-0.39, 0.29) is 20.4 Å². The summed E-state index contributed by atoms with van der Waals surface area (Å²) in [6.45, 7) is 0. The number of carboxylic acid groups (broad SMARTS) is 1. The zero-order chi connectivity index (χ0) is 25.1. The van der Waals surface area contributed by atoms with Gasteiger partial charge in [-0.25, -0.2) is 13.2 Å². The van der Waals surface area contributed by atoms with Crippen molar-refractivity contribution in [3.8, 4) is 0 Å². The number of thiophene rings is 1. The Kier molecular flexibility index (Phi) is 7.06. The molecule has 0 aliphatic heterocycles. The molecule has 4 aromatic rings. The van der Waals surface area contributed by atoms with Crippen molar-refractivity contribution in [1.29, 1.82) is 0 Å². The first-order chi connectivity index (χ1) is 16.7. The molecule has 0 aliphatic rings. The van der Waals surface area contributed by atoms with Crippen LogP contribution in [0.25, 0.3) is 0 Å². The van der Waals surface area contributed by atoms with Gasteiger partial charge in [-0.05, 0) is 65.7 Å². The number of hydrogen-bond acceptors (Lipinski definition) is 6. The van der Waals surface area contributed by atoms with Crippen LogP contribution >= 0.6 is 11.3 Å². The van der Waals surface area contributed by atoms with Crippen molar-refractivity contribution in [2.75, 3.05) is 3.71 Å². The molecule has 1 N–H and O–H groups in total. The van der Waals surface area contributed by atoms with Crippen molar-refractivity contribution in [3.05, 3.63) is 113 Å². The van der Waals surface area contributed by atoms with Crippen molar-refractivity contribution in [1.82, 2.24) is 0 Å². The summed E-state index contributed by atoms with van der Waals surface area (Å²) in [4.78, 5) is 11.3. The highest BCUT2D eigenvalue weighted by atomic mass is 32.3. The number of aryl methyl sites for hydroxylation is 2. The van der Waals surface area contributed by atoms with Gasteiger partial charge in [0.05, 0.1) is 16.1 Å². The number of carboxylic acids is 1. The lowest BCUT2D eigenvalue weighted by atomic mass is 10.00. The molecular weight excluding hydrogens is 506 g/mol. The zero-order valence-corrected chi connectivity index (χ0v) is 20.8. The summed E-state index contributed by atoms with van der Waals surface area (Å²) in [5.74, 6) is -1.00. The Morgan fingerprint density at radius 2 is 1.40 bits per heavy atom. The molecule has 7 nitrogen and oxygen atoms in total. The third kappa shape index (κ3) is 5.14. The first-order valence-electron chi connectivity index (χ1n) is 10.5. The van der Waals surface area contributed by atoms with Crippen LogP contribution in [-0.4, -0.2) is 27.9 Å². The monoisotopic (exact) mass is 527 g/mol. The van der Waals surface area contributed by atoms with E-state index in [0.717, 1.165) is 16.9 Å². The van der Waals surface area contributed by atoms with E-state index in [1.165, 1.54) is 42.5 Å². The number of sulfonamides is 2. The average Bonchev–Trinajstić information content (AvgIpc) is 3.40. The third-order valence-electron chi connectivity index (χ3n) is 5.30. The highest BCUT2D eigenvalue weighted by Crippen LogP contribution is 2.32. The molecule has 10 heteroatoms. The molecule has 180 valence electrons. The quantitative estimate of drug-likeness (QED) is 0.334. The molecule has 35 heavy (non-hydrogen) atoms. The summed E-state index contributed by atoms with van der Waals surface area (Å²) >= 11 is 0.935. The second-order valence-electron chi connectivity index (χ2n) is 7.58. The van der Waals surface area contributed by atoms with Gasteiger partial charge in [-0.3, -0.25) is 0 Å². The predicted molar refractivity (Wildman–Crippen MR) is 135 cm³/mol. The zero-order valence-electron chi connectivity index (χ0n) is 18.3. The molecular formula is C25H21NO6S3. The fraction of sp³-hybridized carbons (Fsp3) is 0.0800. The Labute approximate surface area is 208 Å². The Morgan fingerprint density at radius 1 is 0.743 bits per heavy atom. The highest BCUT2D eigenvalue weighted by molar-refractivity contribution is 8.11. The van der Waals surface area contributed by atoms with Crippen LogP contribution in [0.5, 0.6) is 0 Å². The van der Waals surface area contributed by atoms with Crippen molar-refractivity contribution in [3.63, 3.8) is 0 Å². The molecule has 0 atom stereocenters. The van der Waals surface area contributed by atoms with Gasteiger partial charge in [-0.2, -0.15) is 12.1 Å². The lowest BCUT2D eigenvalue weighted by Crippen LogP contribution is -2.36. The normalized spacial score (nSPS) is 11.8.